The molecule has 0 unspecified atom stereocenters. The van der Waals surface area contributed by atoms with Crippen LogP contribution in [0.2, 0.25) is 0 Å². The van der Waals surface area contributed by atoms with E-state index in [9.17, 15) is 4.79 Å². The smallest absolute Gasteiger partial charge is 0.316 e. The summed E-state index contributed by atoms with van der Waals surface area (Å²) in [6.45, 7) is 9.45. The molecule has 0 aliphatic heterocycles. The van der Waals surface area contributed by atoms with Crippen LogP contribution in [0, 0.1) is 0 Å². The highest BCUT2D eigenvalue weighted by Gasteiger charge is 2.16. The lowest BCUT2D eigenvalue weighted by Crippen LogP contribution is -2.24. The lowest BCUT2D eigenvalue weighted by atomic mass is 10.2. The van der Waals surface area contributed by atoms with E-state index in [0.717, 1.165) is 4.90 Å². The van der Waals surface area contributed by atoms with Crippen LogP contribution in [-0.2, 0) is 9.53 Å². The number of carbonyl (C=O) groups is 1. The summed E-state index contributed by atoms with van der Waals surface area (Å²) >= 11 is 1.41. The molecule has 0 aliphatic rings. The predicted molar refractivity (Wildman–Crippen MR) is 83.2 cm³/mol. The van der Waals surface area contributed by atoms with Gasteiger partial charge in [-0.2, -0.15) is 0 Å². The van der Waals surface area contributed by atoms with Crippen LogP contribution in [0.15, 0.2) is 23.1 Å². The summed E-state index contributed by atoms with van der Waals surface area (Å²) in [6.07, 6.45) is 0.0587. The number of rotatable bonds is 5. The van der Waals surface area contributed by atoms with Crippen molar-refractivity contribution in [2.75, 3.05) is 11.5 Å². The van der Waals surface area contributed by atoms with Crippen LogP contribution in [0.5, 0.6) is 5.75 Å². The van der Waals surface area contributed by atoms with Gasteiger partial charge in [0.05, 0.1) is 17.5 Å². The van der Waals surface area contributed by atoms with Crippen LogP contribution in [0.1, 0.15) is 34.6 Å². The minimum Gasteiger partial charge on any atom is -0.489 e. The third kappa shape index (κ3) is 6.19. The molecule has 112 valence electrons. The van der Waals surface area contributed by atoms with E-state index in [-0.39, 0.29) is 17.8 Å². The highest BCUT2D eigenvalue weighted by molar-refractivity contribution is 8.00. The van der Waals surface area contributed by atoms with E-state index < -0.39 is 5.60 Å². The minimum atomic E-state index is -0.454. The van der Waals surface area contributed by atoms with Crippen molar-refractivity contribution in [3.8, 4) is 5.75 Å². The van der Waals surface area contributed by atoms with E-state index >= 15 is 0 Å². The molecule has 0 bridgehead atoms. The quantitative estimate of drug-likeness (QED) is 0.512. The zero-order valence-electron chi connectivity index (χ0n) is 12.7. The Balaban J connectivity index is 2.62. The molecule has 5 heteroatoms. The molecule has 0 spiro atoms. The van der Waals surface area contributed by atoms with Crippen molar-refractivity contribution < 1.29 is 14.3 Å². The summed E-state index contributed by atoms with van der Waals surface area (Å²) in [5, 5.41) is 0. The Kier molecular flexibility index (Phi) is 5.74. The molecule has 2 N–H and O–H groups in total. The molecule has 0 heterocycles. The molecule has 0 saturated carbocycles. The molecule has 0 atom stereocenters. The largest absolute Gasteiger partial charge is 0.489 e. The second kappa shape index (κ2) is 6.88. The van der Waals surface area contributed by atoms with Crippen molar-refractivity contribution in [2.24, 2.45) is 0 Å². The normalized spacial score (nSPS) is 11.5. The van der Waals surface area contributed by atoms with E-state index in [1.54, 1.807) is 6.07 Å². The van der Waals surface area contributed by atoms with Gasteiger partial charge in [0, 0.05) is 4.90 Å². The van der Waals surface area contributed by atoms with Gasteiger partial charge in [0.25, 0.3) is 0 Å². The summed E-state index contributed by atoms with van der Waals surface area (Å²) in [7, 11) is 0. The molecule has 0 amide bonds. The number of esters is 1. The Morgan fingerprint density at radius 1 is 1.35 bits per heavy atom. The maximum atomic E-state index is 11.7. The maximum absolute atomic E-state index is 11.7. The van der Waals surface area contributed by atoms with E-state index in [0.29, 0.717) is 11.4 Å². The lowest BCUT2D eigenvalue weighted by Gasteiger charge is -2.19. The topological polar surface area (TPSA) is 61.5 Å². The molecule has 0 aliphatic carbocycles. The molecular weight excluding hydrogens is 274 g/mol. The van der Waals surface area contributed by atoms with E-state index in [2.05, 4.69) is 0 Å². The van der Waals surface area contributed by atoms with E-state index in [1.807, 2.05) is 46.8 Å². The number of nitrogens with two attached hydrogens (primary N) is 1. The first kappa shape index (κ1) is 16.7. The van der Waals surface area contributed by atoms with Crippen molar-refractivity contribution in [3.63, 3.8) is 0 Å². The van der Waals surface area contributed by atoms with Gasteiger partial charge in [-0.1, -0.05) is 0 Å². The molecule has 1 rings (SSSR count). The van der Waals surface area contributed by atoms with Crippen molar-refractivity contribution in [1.82, 2.24) is 0 Å². The fourth-order valence-corrected chi connectivity index (χ4v) is 2.17. The van der Waals surface area contributed by atoms with Crippen LogP contribution >= 0.6 is 11.8 Å². The molecule has 4 nitrogen and oxygen atoms in total. The van der Waals surface area contributed by atoms with Gasteiger partial charge in [-0.3, -0.25) is 4.79 Å². The Morgan fingerprint density at radius 2 is 2.00 bits per heavy atom. The highest BCUT2D eigenvalue weighted by Crippen LogP contribution is 2.29. The van der Waals surface area contributed by atoms with E-state index in [1.165, 1.54) is 11.8 Å². The highest BCUT2D eigenvalue weighted by atomic mass is 32.2. The number of ether oxygens (including phenoxy) is 2. The summed E-state index contributed by atoms with van der Waals surface area (Å²) in [6, 6.07) is 5.51. The van der Waals surface area contributed by atoms with Gasteiger partial charge in [0.2, 0.25) is 0 Å². The van der Waals surface area contributed by atoms with Gasteiger partial charge in [-0.25, -0.2) is 0 Å². The number of hydrogen-bond donors (Lipinski definition) is 1. The second-order valence-corrected chi connectivity index (χ2v) is 6.79. The molecule has 1 aromatic carbocycles. The Morgan fingerprint density at radius 3 is 2.55 bits per heavy atom. The fourth-order valence-electron chi connectivity index (χ4n) is 1.47. The number of anilines is 1. The first-order chi connectivity index (χ1) is 9.17. The van der Waals surface area contributed by atoms with Gasteiger partial charge in [-0.05, 0) is 52.8 Å². The van der Waals surface area contributed by atoms with Crippen LogP contribution in [0.25, 0.3) is 0 Å². The van der Waals surface area contributed by atoms with Gasteiger partial charge in [-0.15, -0.1) is 11.8 Å². The maximum Gasteiger partial charge on any atom is 0.316 e. The number of hydrogen-bond acceptors (Lipinski definition) is 5. The van der Waals surface area contributed by atoms with E-state index in [4.69, 9.17) is 15.2 Å². The van der Waals surface area contributed by atoms with Gasteiger partial charge in [0.1, 0.15) is 11.4 Å². The molecule has 20 heavy (non-hydrogen) atoms. The second-order valence-electron chi connectivity index (χ2n) is 5.74. The van der Waals surface area contributed by atoms with Crippen molar-refractivity contribution in [3.05, 3.63) is 18.2 Å². The van der Waals surface area contributed by atoms with Crippen LogP contribution in [0.3, 0.4) is 0 Å². The molecular formula is C15H23NO3S. The fraction of sp³-hybridized carbons (Fsp3) is 0.533. The van der Waals surface area contributed by atoms with Crippen LogP contribution in [0.4, 0.5) is 5.69 Å². The summed E-state index contributed by atoms with van der Waals surface area (Å²) in [5.74, 6) is 0.683. The van der Waals surface area contributed by atoms with Gasteiger partial charge >= 0.3 is 5.97 Å². The molecule has 0 fully saturated rings. The standard InChI is InChI=1S/C15H23NO3S/c1-10(2)18-13-8-11(6-7-12(13)16)20-9-14(17)19-15(3,4)5/h6-8,10H,9,16H2,1-5H3. The van der Waals surface area contributed by atoms with Crippen LogP contribution in [-0.4, -0.2) is 23.4 Å². The Labute approximate surface area is 125 Å². The van der Waals surface area contributed by atoms with Crippen molar-refractivity contribution >= 4 is 23.4 Å². The van der Waals surface area contributed by atoms with Gasteiger partial charge < -0.3 is 15.2 Å². The summed E-state index contributed by atoms with van der Waals surface area (Å²) in [4.78, 5) is 12.6. The van der Waals surface area contributed by atoms with Crippen molar-refractivity contribution in [1.29, 1.82) is 0 Å². The number of nitrogen functional groups attached to an aromatic ring is 1. The zero-order valence-corrected chi connectivity index (χ0v) is 13.5. The third-order valence-electron chi connectivity index (χ3n) is 2.12. The number of benzene rings is 1. The summed E-state index contributed by atoms with van der Waals surface area (Å²) in [5.41, 5.74) is 5.99. The third-order valence-corrected chi connectivity index (χ3v) is 3.09. The first-order valence-electron chi connectivity index (χ1n) is 6.58. The van der Waals surface area contributed by atoms with Crippen molar-refractivity contribution in [2.45, 2.75) is 51.2 Å². The predicted octanol–water partition coefficient (Wildman–Crippen LogP) is 3.49. The number of thioether (sulfide) groups is 1. The minimum absolute atomic E-state index is 0.0587. The molecule has 0 aromatic heterocycles. The SMILES string of the molecule is CC(C)Oc1cc(SCC(=O)OC(C)(C)C)ccc1N. The molecule has 0 saturated heterocycles. The first-order valence-corrected chi connectivity index (χ1v) is 7.57. The number of carbonyl (C=O) groups excluding carboxylic acids is 1. The average molecular weight is 297 g/mol. The molecule has 0 radical (unpaired) electrons. The summed E-state index contributed by atoms with van der Waals surface area (Å²) < 4.78 is 10.9. The lowest BCUT2D eigenvalue weighted by molar-refractivity contribution is -0.151. The average Bonchev–Trinajstić information content (AvgIpc) is 2.27. The van der Waals surface area contributed by atoms with Crippen LogP contribution < -0.4 is 10.5 Å². The monoisotopic (exact) mass is 297 g/mol. The van der Waals surface area contributed by atoms with Gasteiger partial charge in [0.15, 0.2) is 0 Å². The zero-order chi connectivity index (χ0) is 15.3. The molecule has 1 aromatic rings. The Bertz CT molecular complexity index is 467. The Hall–Kier alpha value is -1.36.